The van der Waals surface area contributed by atoms with Crippen molar-refractivity contribution in [3.63, 3.8) is 0 Å². The number of carboxylic acids is 1. The van der Waals surface area contributed by atoms with Gasteiger partial charge in [0.1, 0.15) is 6.04 Å². The summed E-state index contributed by atoms with van der Waals surface area (Å²) >= 11 is 0. The zero-order valence-electron chi connectivity index (χ0n) is 11.3. The van der Waals surface area contributed by atoms with Crippen LogP contribution in [0.4, 0.5) is 4.79 Å². The lowest BCUT2D eigenvalue weighted by Gasteiger charge is -2.13. The number of hydrogen-bond donors (Lipinski definition) is 4. The molecule has 0 aromatic carbocycles. The zero-order valence-corrected chi connectivity index (χ0v) is 11.3. The maximum atomic E-state index is 11.7. The number of aromatic nitrogens is 3. The number of aromatic amines is 1. The number of urea groups is 1. The molecular weight excluding hydrogens is 278 g/mol. The molecule has 0 radical (unpaired) electrons. The van der Waals surface area contributed by atoms with Gasteiger partial charge < -0.3 is 25.2 Å². The average Bonchev–Trinajstić information content (AvgIpc) is 3.07. The molecule has 0 aliphatic carbocycles. The minimum atomic E-state index is -1.13. The number of nitrogens with zero attached hydrogens (tertiary/aromatic N) is 2. The van der Waals surface area contributed by atoms with E-state index in [1.807, 2.05) is 0 Å². The molecular formula is C12H15N5O4. The molecule has 0 aliphatic heterocycles. The second kappa shape index (κ2) is 6.55. The SMILES string of the molecule is Cc1cc(CNC(=O)N[C@@H](Cc2cnc[nH]2)C(=O)O)on1. The van der Waals surface area contributed by atoms with Gasteiger partial charge in [-0.25, -0.2) is 14.6 Å². The summed E-state index contributed by atoms with van der Waals surface area (Å²) in [6.45, 7) is 1.89. The van der Waals surface area contributed by atoms with E-state index in [-0.39, 0.29) is 13.0 Å². The molecule has 0 saturated heterocycles. The summed E-state index contributed by atoms with van der Waals surface area (Å²) < 4.78 is 4.93. The lowest BCUT2D eigenvalue weighted by Crippen LogP contribution is -2.46. The molecule has 0 aliphatic rings. The average molecular weight is 293 g/mol. The number of nitrogens with one attached hydrogen (secondary N) is 3. The van der Waals surface area contributed by atoms with Gasteiger partial charge >= 0.3 is 12.0 Å². The Labute approximate surface area is 119 Å². The van der Waals surface area contributed by atoms with E-state index >= 15 is 0 Å². The van der Waals surface area contributed by atoms with Gasteiger partial charge in [-0.15, -0.1) is 0 Å². The van der Waals surface area contributed by atoms with Crippen molar-refractivity contribution in [2.24, 2.45) is 0 Å². The van der Waals surface area contributed by atoms with Crippen LogP contribution in [0.3, 0.4) is 0 Å². The van der Waals surface area contributed by atoms with E-state index < -0.39 is 18.0 Å². The molecule has 0 bridgehead atoms. The summed E-state index contributed by atoms with van der Waals surface area (Å²) in [6.07, 6.45) is 3.07. The molecule has 0 unspecified atom stereocenters. The van der Waals surface area contributed by atoms with Crippen molar-refractivity contribution in [1.82, 2.24) is 25.8 Å². The van der Waals surface area contributed by atoms with Crippen LogP contribution in [0.2, 0.25) is 0 Å². The molecule has 2 aromatic rings. The van der Waals surface area contributed by atoms with Crippen molar-refractivity contribution in [3.05, 3.63) is 35.7 Å². The Hall–Kier alpha value is -2.84. The van der Waals surface area contributed by atoms with Gasteiger partial charge in [0.05, 0.1) is 18.6 Å². The minimum absolute atomic E-state index is 0.115. The monoisotopic (exact) mass is 293 g/mol. The molecule has 2 aromatic heterocycles. The van der Waals surface area contributed by atoms with Crippen LogP contribution in [-0.4, -0.2) is 38.3 Å². The highest BCUT2D eigenvalue weighted by molar-refractivity contribution is 5.82. The predicted octanol–water partition coefficient (Wildman–Crippen LogP) is 0.201. The van der Waals surface area contributed by atoms with E-state index in [9.17, 15) is 9.59 Å². The minimum Gasteiger partial charge on any atom is -0.480 e. The number of amides is 2. The van der Waals surface area contributed by atoms with Gasteiger partial charge in [-0.05, 0) is 6.92 Å². The molecule has 4 N–H and O–H groups in total. The standard InChI is InChI=1S/C12H15N5O4/c1-7-2-9(21-17-7)5-14-12(20)16-10(11(18)19)3-8-4-13-6-15-8/h2,4,6,10H,3,5H2,1H3,(H,13,15)(H,18,19)(H2,14,16,20)/t10-/m0/s1. The number of imidazole rings is 1. The van der Waals surface area contributed by atoms with Gasteiger partial charge in [-0.1, -0.05) is 5.16 Å². The van der Waals surface area contributed by atoms with Crippen molar-refractivity contribution in [2.45, 2.75) is 25.9 Å². The molecule has 9 nitrogen and oxygen atoms in total. The van der Waals surface area contributed by atoms with E-state index in [4.69, 9.17) is 9.63 Å². The van der Waals surface area contributed by atoms with Crippen LogP contribution in [-0.2, 0) is 17.8 Å². The topological polar surface area (TPSA) is 133 Å². The van der Waals surface area contributed by atoms with E-state index in [1.54, 1.807) is 13.0 Å². The van der Waals surface area contributed by atoms with Crippen molar-refractivity contribution in [3.8, 4) is 0 Å². The van der Waals surface area contributed by atoms with Gasteiger partial charge in [0, 0.05) is 24.4 Å². The zero-order chi connectivity index (χ0) is 15.2. The van der Waals surface area contributed by atoms with E-state index in [0.717, 1.165) is 0 Å². The van der Waals surface area contributed by atoms with Gasteiger partial charge in [0.25, 0.3) is 0 Å². The number of carbonyl (C=O) groups is 2. The highest BCUT2D eigenvalue weighted by Crippen LogP contribution is 2.02. The largest absolute Gasteiger partial charge is 0.480 e. The number of hydrogen-bond acceptors (Lipinski definition) is 5. The van der Waals surface area contributed by atoms with Crippen LogP contribution in [0, 0.1) is 6.92 Å². The fourth-order valence-electron chi connectivity index (χ4n) is 1.69. The van der Waals surface area contributed by atoms with Crippen LogP contribution in [0.1, 0.15) is 17.1 Å². The Morgan fingerprint density at radius 3 is 2.90 bits per heavy atom. The number of H-pyrrole nitrogens is 1. The maximum absolute atomic E-state index is 11.7. The van der Waals surface area contributed by atoms with Crippen LogP contribution >= 0.6 is 0 Å². The highest BCUT2D eigenvalue weighted by Gasteiger charge is 2.21. The van der Waals surface area contributed by atoms with Crippen LogP contribution in [0.5, 0.6) is 0 Å². The van der Waals surface area contributed by atoms with Gasteiger partial charge in [-0.2, -0.15) is 0 Å². The lowest BCUT2D eigenvalue weighted by atomic mass is 10.2. The molecule has 0 spiro atoms. The lowest BCUT2D eigenvalue weighted by molar-refractivity contribution is -0.139. The molecule has 112 valence electrons. The Morgan fingerprint density at radius 1 is 1.52 bits per heavy atom. The first-order chi connectivity index (χ1) is 10.0. The molecule has 1 atom stereocenters. The van der Waals surface area contributed by atoms with Crippen molar-refractivity contribution in [1.29, 1.82) is 0 Å². The van der Waals surface area contributed by atoms with E-state index in [1.165, 1.54) is 12.5 Å². The molecule has 2 rings (SSSR count). The summed E-state index contributed by atoms with van der Waals surface area (Å²) in [6, 6.07) is 0.0254. The third-order valence-electron chi connectivity index (χ3n) is 2.68. The molecule has 2 amide bonds. The molecule has 21 heavy (non-hydrogen) atoms. The van der Waals surface area contributed by atoms with Crippen LogP contribution in [0.25, 0.3) is 0 Å². The third kappa shape index (κ3) is 4.34. The van der Waals surface area contributed by atoms with Crippen LogP contribution < -0.4 is 10.6 Å². The van der Waals surface area contributed by atoms with Crippen molar-refractivity contribution < 1.29 is 19.2 Å². The van der Waals surface area contributed by atoms with Gasteiger partial charge in [0.15, 0.2) is 5.76 Å². The first kappa shape index (κ1) is 14.6. The molecule has 0 fully saturated rings. The van der Waals surface area contributed by atoms with Crippen molar-refractivity contribution >= 4 is 12.0 Å². The number of aliphatic carboxylic acids is 1. The Balaban J connectivity index is 1.84. The van der Waals surface area contributed by atoms with E-state index in [2.05, 4.69) is 25.8 Å². The first-order valence-corrected chi connectivity index (χ1v) is 6.21. The summed E-state index contributed by atoms with van der Waals surface area (Å²) in [5.74, 6) is -0.640. The number of rotatable bonds is 6. The molecule has 2 heterocycles. The van der Waals surface area contributed by atoms with Crippen molar-refractivity contribution in [2.75, 3.05) is 0 Å². The summed E-state index contributed by atoms with van der Waals surface area (Å²) in [7, 11) is 0. The van der Waals surface area contributed by atoms with Gasteiger partial charge in [0.2, 0.25) is 0 Å². The van der Waals surface area contributed by atoms with Gasteiger partial charge in [-0.3, -0.25) is 0 Å². The smallest absolute Gasteiger partial charge is 0.326 e. The normalized spacial score (nSPS) is 11.9. The quantitative estimate of drug-likeness (QED) is 0.601. The van der Waals surface area contributed by atoms with E-state index in [0.29, 0.717) is 17.1 Å². The highest BCUT2D eigenvalue weighted by atomic mass is 16.5. The number of carboxylic acid groups (broad SMARTS) is 1. The number of carbonyl (C=O) groups excluding carboxylic acids is 1. The fourth-order valence-corrected chi connectivity index (χ4v) is 1.69. The Kier molecular flexibility index (Phi) is 4.54. The summed E-state index contributed by atoms with van der Waals surface area (Å²) in [4.78, 5) is 29.4. The molecule has 9 heteroatoms. The Morgan fingerprint density at radius 2 is 2.33 bits per heavy atom. The fraction of sp³-hybridized carbons (Fsp3) is 0.333. The first-order valence-electron chi connectivity index (χ1n) is 6.21. The Bertz CT molecular complexity index is 607. The second-order valence-electron chi connectivity index (χ2n) is 4.43. The summed E-state index contributed by atoms with van der Waals surface area (Å²) in [5, 5.41) is 17.7. The predicted molar refractivity (Wildman–Crippen MR) is 70.3 cm³/mol. The third-order valence-corrected chi connectivity index (χ3v) is 2.68. The molecule has 0 saturated carbocycles. The van der Waals surface area contributed by atoms with Crippen LogP contribution in [0.15, 0.2) is 23.1 Å². The summed E-state index contributed by atoms with van der Waals surface area (Å²) in [5.41, 5.74) is 1.32. The second-order valence-corrected chi connectivity index (χ2v) is 4.43. The maximum Gasteiger partial charge on any atom is 0.326 e. The number of aryl methyl sites for hydroxylation is 1.